The van der Waals surface area contributed by atoms with Gasteiger partial charge in [-0.1, -0.05) is 0 Å². The van der Waals surface area contributed by atoms with Gasteiger partial charge in [-0.15, -0.1) is 0 Å². The molecule has 3 nitrogen and oxygen atoms in total. The average molecular weight is 462 g/mol. The van der Waals surface area contributed by atoms with Gasteiger partial charge >= 0.3 is 17.1 Å². The van der Waals surface area contributed by atoms with Gasteiger partial charge in [0.1, 0.15) is 0 Å². The zero-order chi connectivity index (χ0) is 17.6. The Balaban J connectivity index is -0.000000108. The molecule has 0 spiro atoms. The van der Waals surface area contributed by atoms with Crippen molar-refractivity contribution >= 4 is 87.7 Å². The molecule has 0 bridgehead atoms. The van der Waals surface area contributed by atoms with Crippen LogP contribution in [0.15, 0.2) is 0 Å². The Morgan fingerprint density at radius 1 is 0.591 bits per heavy atom. The summed E-state index contributed by atoms with van der Waals surface area (Å²) >= 11 is 26.8. The molecule has 0 N–H and O–H groups in total. The van der Waals surface area contributed by atoms with Gasteiger partial charge in [-0.05, 0) is 41.5 Å². The Morgan fingerprint density at radius 2 is 0.727 bits per heavy atom. The first kappa shape index (κ1) is 30.7. The fraction of sp³-hybridized carbons (Fsp3) is 0.750. The average Bonchev–Trinajstić information content (AvgIpc) is 2.10. The van der Waals surface area contributed by atoms with Crippen LogP contribution in [0.25, 0.3) is 0 Å². The first-order valence-corrected chi connectivity index (χ1v) is 8.46. The SMILES string of the molecule is CC(C)OC(=S)[S-].CC(C)OC(=S)[S-].CC(C)OC(=S)[S-].[Fe+3]. The third kappa shape index (κ3) is 49.8. The minimum Gasteiger partial charge on any atom is -0.511 e. The molecule has 0 heterocycles. The topological polar surface area (TPSA) is 27.7 Å². The first-order chi connectivity index (χ1) is 9.38. The summed E-state index contributed by atoms with van der Waals surface area (Å²) in [5.74, 6) is 0. The summed E-state index contributed by atoms with van der Waals surface area (Å²) < 4.78 is 15.0. The van der Waals surface area contributed by atoms with Crippen molar-refractivity contribution in [3.8, 4) is 0 Å². The second-order valence-corrected chi connectivity index (χ2v) is 7.25. The maximum Gasteiger partial charge on any atom is 3.00 e. The van der Waals surface area contributed by atoms with Crippen LogP contribution < -0.4 is 0 Å². The molecular formula is C12H21FeO3S6. The minimum absolute atomic E-state index is 0. The van der Waals surface area contributed by atoms with Crippen molar-refractivity contribution in [1.29, 1.82) is 0 Å². The number of rotatable bonds is 3. The second-order valence-electron chi connectivity index (χ2n) is 4.25. The molecule has 0 aromatic rings. The van der Waals surface area contributed by atoms with Gasteiger partial charge in [-0.25, -0.2) is 0 Å². The molecular weight excluding hydrogens is 440 g/mol. The molecule has 22 heavy (non-hydrogen) atoms. The molecule has 0 saturated carbocycles. The van der Waals surface area contributed by atoms with Crippen molar-refractivity contribution in [1.82, 2.24) is 0 Å². The van der Waals surface area contributed by atoms with Gasteiger partial charge in [-0.3, -0.25) is 0 Å². The van der Waals surface area contributed by atoms with E-state index in [1.807, 2.05) is 41.5 Å². The second kappa shape index (κ2) is 19.9. The zero-order valence-electron chi connectivity index (χ0n) is 13.3. The Bertz CT molecular complexity index is 264. The van der Waals surface area contributed by atoms with Gasteiger partial charge in [-0.2, -0.15) is 0 Å². The summed E-state index contributed by atoms with van der Waals surface area (Å²) in [4.78, 5) is 0. The zero-order valence-corrected chi connectivity index (χ0v) is 19.3. The van der Waals surface area contributed by atoms with Crippen molar-refractivity contribution in [2.75, 3.05) is 0 Å². The Morgan fingerprint density at radius 3 is 0.727 bits per heavy atom. The summed E-state index contributed by atoms with van der Waals surface area (Å²) in [5.41, 5.74) is 0. The molecule has 131 valence electrons. The van der Waals surface area contributed by atoms with Crippen molar-refractivity contribution in [2.45, 2.75) is 59.9 Å². The molecule has 0 unspecified atom stereocenters. The minimum atomic E-state index is 0. The van der Waals surface area contributed by atoms with E-state index in [4.69, 9.17) is 14.2 Å². The molecule has 1 radical (unpaired) electrons. The number of hydrogen-bond acceptors (Lipinski definition) is 9. The summed E-state index contributed by atoms with van der Waals surface area (Å²) in [6.45, 7) is 11.3. The quantitative estimate of drug-likeness (QED) is 0.354. The number of ether oxygens (including phenoxy) is 3. The van der Waals surface area contributed by atoms with E-state index in [1.165, 1.54) is 0 Å². The van der Waals surface area contributed by atoms with Crippen LogP contribution in [0.3, 0.4) is 0 Å². The Kier molecular flexibility index (Phi) is 27.8. The Labute approximate surface area is 177 Å². The molecule has 10 heteroatoms. The maximum atomic E-state index is 4.80. The van der Waals surface area contributed by atoms with E-state index in [0.717, 1.165) is 0 Å². The van der Waals surface area contributed by atoms with Gasteiger partial charge in [0.05, 0.1) is 18.3 Å². The van der Waals surface area contributed by atoms with Crippen LogP contribution in [-0.2, 0) is 69.2 Å². The monoisotopic (exact) mass is 461 g/mol. The first-order valence-electron chi connectivity index (χ1n) is 6.01. The van der Waals surface area contributed by atoms with E-state index >= 15 is 0 Å². The van der Waals surface area contributed by atoms with Crippen molar-refractivity contribution in [3.05, 3.63) is 0 Å². The third-order valence-electron chi connectivity index (χ3n) is 0.996. The van der Waals surface area contributed by atoms with Gasteiger partial charge in [0.2, 0.25) is 0 Å². The molecule has 0 aromatic carbocycles. The van der Waals surface area contributed by atoms with E-state index in [1.54, 1.807) is 0 Å². The van der Waals surface area contributed by atoms with Crippen LogP contribution in [0, 0.1) is 0 Å². The standard InChI is InChI=1S/3C4H8OS2.Fe/c3*1-3(2)5-4(6)7;/h3*3H,1-2H3,(H,6,7);/q;;;+3/p-3. The molecule has 0 aliphatic heterocycles. The molecule has 0 aliphatic rings. The van der Waals surface area contributed by atoms with E-state index in [2.05, 4.69) is 74.5 Å². The van der Waals surface area contributed by atoms with Crippen molar-refractivity contribution in [3.63, 3.8) is 0 Å². The fourth-order valence-electron chi connectivity index (χ4n) is 0.577. The molecule has 0 aromatic heterocycles. The summed E-state index contributed by atoms with van der Waals surface area (Å²) in [7, 11) is 0. The van der Waals surface area contributed by atoms with E-state index < -0.39 is 0 Å². The predicted octanol–water partition coefficient (Wildman–Crippen LogP) is 3.73. The van der Waals surface area contributed by atoms with E-state index in [9.17, 15) is 0 Å². The fourth-order valence-corrected chi connectivity index (χ4v) is 1.73. The van der Waals surface area contributed by atoms with Crippen LogP contribution in [0.4, 0.5) is 0 Å². The summed E-state index contributed by atoms with van der Waals surface area (Å²) in [5, 5.41) is 0. The maximum absolute atomic E-state index is 4.80. The van der Waals surface area contributed by atoms with Crippen molar-refractivity contribution < 1.29 is 31.3 Å². The van der Waals surface area contributed by atoms with Gasteiger partial charge in [0.25, 0.3) is 0 Å². The molecule has 0 saturated heterocycles. The van der Waals surface area contributed by atoms with Gasteiger partial charge in [0, 0.05) is 13.1 Å². The normalized spacial score (nSPS) is 8.59. The largest absolute Gasteiger partial charge is 3.00 e. The smallest absolute Gasteiger partial charge is 0.511 e. The molecule has 0 aliphatic carbocycles. The van der Waals surface area contributed by atoms with Gasteiger partial charge < -0.3 is 88.8 Å². The molecule has 0 atom stereocenters. The van der Waals surface area contributed by atoms with Crippen molar-refractivity contribution in [2.24, 2.45) is 0 Å². The van der Waals surface area contributed by atoms with Crippen LogP contribution >= 0.6 is 36.7 Å². The summed E-state index contributed by atoms with van der Waals surface area (Å²) in [6.07, 6.45) is 0.389. The van der Waals surface area contributed by atoms with Crippen LogP contribution in [0.2, 0.25) is 0 Å². The molecule has 0 amide bonds. The molecule has 0 fully saturated rings. The van der Waals surface area contributed by atoms with Crippen LogP contribution in [-0.4, -0.2) is 31.5 Å². The predicted molar refractivity (Wildman–Crippen MR) is 109 cm³/mol. The van der Waals surface area contributed by atoms with E-state index in [-0.39, 0.29) is 48.5 Å². The molecule has 0 rings (SSSR count). The third-order valence-corrected chi connectivity index (χ3v) is 1.57. The van der Waals surface area contributed by atoms with E-state index in [0.29, 0.717) is 0 Å². The number of hydrogen-bond donors (Lipinski definition) is 0. The van der Waals surface area contributed by atoms with Gasteiger partial charge in [0.15, 0.2) is 0 Å². The number of thiocarbonyl (C=S) groups is 3. The Hall–Kier alpha value is 0.849. The van der Waals surface area contributed by atoms with Crippen LogP contribution in [0.5, 0.6) is 0 Å². The summed E-state index contributed by atoms with van der Waals surface area (Å²) in [6, 6.07) is 0. The van der Waals surface area contributed by atoms with Crippen LogP contribution in [0.1, 0.15) is 41.5 Å².